The zero-order chi connectivity index (χ0) is 17.8. The molecule has 3 aromatic carbocycles. The van der Waals surface area contributed by atoms with E-state index in [4.69, 9.17) is 0 Å². The maximum absolute atomic E-state index is 12.9. The highest BCUT2D eigenvalue weighted by atomic mass is 32.2. The van der Waals surface area contributed by atoms with Gasteiger partial charge in [-0.1, -0.05) is 91.0 Å². The number of benzene rings is 3. The molecule has 0 aromatic heterocycles. The number of hydrogen-bond acceptors (Lipinski definition) is 2. The molecule has 0 atom stereocenters. The van der Waals surface area contributed by atoms with Crippen LogP contribution in [-0.4, -0.2) is 11.5 Å². The van der Waals surface area contributed by atoms with E-state index in [2.05, 4.69) is 42.5 Å². The Bertz CT molecular complexity index is 970. The fourth-order valence-corrected chi connectivity index (χ4v) is 4.22. The molecule has 26 heavy (non-hydrogen) atoms. The van der Waals surface area contributed by atoms with Gasteiger partial charge in [-0.2, -0.15) is 0 Å². The molecule has 0 bridgehead atoms. The molecule has 1 aliphatic rings. The van der Waals surface area contributed by atoms with E-state index in [1.54, 1.807) is 11.8 Å². The van der Waals surface area contributed by atoms with Crippen LogP contribution in [0.4, 0.5) is 0 Å². The molecule has 0 saturated carbocycles. The second kappa shape index (κ2) is 7.59. The summed E-state index contributed by atoms with van der Waals surface area (Å²) >= 11 is 1.74. The van der Waals surface area contributed by atoms with Crippen molar-refractivity contribution < 1.29 is 4.79 Å². The second-order valence-corrected chi connectivity index (χ2v) is 7.11. The van der Waals surface area contributed by atoms with Crippen LogP contribution in [0.25, 0.3) is 10.5 Å². The maximum Gasteiger partial charge on any atom is 0.189 e. The van der Waals surface area contributed by atoms with Crippen LogP contribution < -0.4 is 0 Å². The lowest BCUT2D eigenvalue weighted by Gasteiger charge is -2.20. The molecule has 0 N–H and O–H groups in total. The van der Waals surface area contributed by atoms with Gasteiger partial charge >= 0.3 is 0 Å². The minimum Gasteiger partial charge on any atom is -0.289 e. The Morgan fingerprint density at radius 3 is 1.85 bits per heavy atom. The molecule has 0 amide bonds. The molecule has 0 unspecified atom stereocenters. The van der Waals surface area contributed by atoms with Crippen LogP contribution in [0.2, 0.25) is 0 Å². The molecular formula is C24H18OS. The van der Waals surface area contributed by atoms with Gasteiger partial charge in [-0.15, -0.1) is 11.8 Å². The fourth-order valence-electron chi connectivity index (χ4n) is 3.08. The first-order valence-corrected chi connectivity index (χ1v) is 9.60. The fraction of sp³-hybridized carbons (Fsp3) is 0.0417. The standard InChI is InChI=1S/C24H18OS/c25-23(19-12-6-2-7-13-19)21-16-22(18-10-4-1-5-11-18)24(26-17-21)20-14-8-3-9-15-20/h1-16H,17H2. The average Bonchev–Trinajstić information content (AvgIpc) is 2.75. The third-order valence-electron chi connectivity index (χ3n) is 4.38. The predicted octanol–water partition coefficient (Wildman–Crippen LogP) is 6.11. The van der Waals surface area contributed by atoms with Gasteiger partial charge in [-0.25, -0.2) is 0 Å². The Morgan fingerprint density at radius 1 is 0.692 bits per heavy atom. The van der Waals surface area contributed by atoms with Gasteiger partial charge in [0.15, 0.2) is 5.78 Å². The summed E-state index contributed by atoms with van der Waals surface area (Å²) in [5.74, 6) is 0.799. The second-order valence-electron chi connectivity index (χ2n) is 6.13. The summed E-state index contributed by atoms with van der Waals surface area (Å²) in [5.41, 5.74) is 5.04. The van der Waals surface area contributed by atoms with Crippen LogP contribution in [0, 0.1) is 0 Å². The summed E-state index contributed by atoms with van der Waals surface area (Å²) in [6, 6.07) is 30.2. The van der Waals surface area contributed by atoms with Crippen molar-refractivity contribution in [3.8, 4) is 0 Å². The van der Waals surface area contributed by atoms with Crippen molar-refractivity contribution in [2.24, 2.45) is 0 Å². The lowest BCUT2D eigenvalue weighted by atomic mass is 9.96. The van der Waals surface area contributed by atoms with Crippen molar-refractivity contribution in [3.63, 3.8) is 0 Å². The molecule has 0 fully saturated rings. The molecule has 0 saturated heterocycles. The zero-order valence-electron chi connectivity index (χ0n) is 14.3. The number of rotatable bonds is 4. The van der Waals surface area contributed by atoms with Crippen LogP contribution in [0.15, 0.2) is 103 Å². The molecule has 4 rings (SSSR count). The molecule has 0 aliphatic carbocycles. The molecule has 1 nitrogen and oxygen atoms in total. The number of carbonyl (C=O) groups is 1. The SMILES string of the molecule is O=C(C1=CC(c2ccccc2)=C(c2ccccc2)SC1)c1ccccc1. The van der Waals surface area contributed by atoms with Crippen molar-refractivity contribution >= 4 is 28.0 Å². The highest BCUT2D eigenvalue weighted by Gasteiger charge is 2.21. The van der Waals surface area contributed by atoms with Gasteiger partial charge in [0, 0.05) is 21.8 Å². The zero-order valence-corrected chi connectivity index (χ0v) is 15.1. The summed E-state index contributed by atoms with van der Waals surface area (Å²) in [4.78, 5) is 14.1. The van der Waals surface area contributed by atoms with Crippen molar-refractivity contribution in [1.82, 2.24) is 0 Å². The van der Waals surface area contributed by atoms with E-state index in [1.165, 1.54) is 10.5 Å². The Labute approximate surface area is 158 Å². The first kappa shape index (κ1) is 16.6. The number of ketones is 1. The minimum atomic E-state index is 0.110. The highest BCUT2D eigenvalue weighted by molar-refractivity contribution is 8.08. The number of Topliss-reactive ketones (excluding diaryl/α,β-unsaturated/α-hetero) is 1. The third kappa shape index (κ3) is 3.42. The Kier molecular flexibility index (Phi) is 4.85. The third-order valence-corrected chi connectivity index (χ3v) is 5.58. The summed E-state index contributed by atoms with van der Waals surface area (Å²) in [7, 11) is 0. The van der Waals surface area contributed by atoms with Gasteiger partial charge in [-0.05, 0) is 22.8 Å². The van der Waals surface area contributed by atoms with Gasteiger partial charge in [0.1, 0.15) is 0 Å². The first-order valence-electron chi connectivity index (χ1n) is 8.61. The normalized spacial score (nSPS) is 14.1. The van der Waals surface area contributed by atoms with Crippen molar-refractivity contribution in [3.05, 3.63) is 119 Å². The van der Waals surface area contributed by atoms with Crippen LogP contribution in [0.5, 0.6) is 0 Å². The van der Waals surface area contributed by atoms with E-state index in [-0.39, 0.29) is 5.78 Å². The molecule has 3 aromatic rings. The summed E-state index contributed by atoms with van der Waals surface area (Å²) in [6.45, 7) is 0. The first-order chi connectivity index (χ1) is 12.8. The number of carbonyl (C=O) groups excluding carboxylic acids is 1. The topological polar surface area (TPSA) is 17.1 Å². The maximum atomic E-state index is 12.9. The van der Waals surface area contributed by atoms with Gasteiger partial charge in [0.05, 0.1) is 0 Å². The largest absolute Gasteiger partial charge is 0.289 e. The number of hydrogen-bond donors (Lipinski definition) is 0. The van der Waals surface area contributed by atoms with Crippen molar-refractivity contribution in [2.45, 2.75) is 0 Å². The van der Waals surface area contributed by atoms with Crippen LogP contribution in [0.3, 0.4) is 0 Å². The summed E-state index contributed by atoms with van der Waals surface area (Å²) in [5, 5.41) is 0. The van der Waals surface area contributed by atoms with E-state index in [0.29, 0.717) is 5.75 Å². The van der Waals surface area contributed by atoms with E-state index in [9.17, 15) is 4.79 Å². The molecule has 2 heteroatoms. The molecule has 126 valence electrons. The van der Waals surface area contributed by atoms with E-state index < -0.39 is 0 Å². The molecule has 0 spiro atoms. The van der Waals surface area contributed by atoms with Crippen molar-refractivity contribution in [1.29, 1.82) is 0 Å². The van der Waals surface area contributed by atoms with Gasteiger partial charge in [0.2, 0.25) is 0 Å². The molecule has 1 aliphatic heterocycles. The molecule has 0 radical (unpaired) electrons. The summed E-state index contributed by atoms with van der Waals surface area (Å²) < 4.78 is 0. The van der Waals surface area contributed by atoms with E-state index in [1.807, 2.05) is 54.6 Å². The van der Waals surface area contributed by atoms with Crippen molar-refractivity contribution in [2.75, 3.05) is 5.75 Å². The van der Waals surface area contributed by atoms with Crippen LogP contribution in [0.1, 0.15) is 21.5 Å². The smallest absolute Gasteiger partial charge is 0.189 e. The minimum absolute atomic E-state index is 0.110. The lowest BCUT2D eigenvalue weighted by Crippen LogP contribution is -2.09. The molecule has 1 heterocycles. The monoisotopic (exact) mass is 354 g/mol. The molecular weight excluding hydrogens is 336 g/mol. The van der Waals surface area contributed by atoms with Gasteiger partial charge in [-0.3, -0.25) is 4.79 Å². The Balaban J connectivity index is 1.82. The summed E-state index contributed by atoms with van der Waals surface area (Å²) in [6.07, 6.45) is 2.07. The Hall–Kier alpha value is -2.84. The quantitative estimate of drug-likeness (QED) is 0.526. The van der Waals surface area contributed by atoms with Gasteiger partial charge in [0.25, 0.3) is 0 Å². The Morgan fingerprint density at radius 2 is 1.23 bits per heavy atom. The highest BCUT2D eigenvalue weighted by Crippen LogP contribution is 2.41. The predicted molar refractivity (Wildman–Crippen MR) is 111 cm³/mol. The van der Waals surface area contributed by atoms with Gasteiger partial charge < -0.3 is 0 Å². The van der Waals surface area contributed by atoms with Crippen LogP contribution in [-0.2, 0) is 0 Å². The van der Waals surface area contributed by atoms with Crippen LogP contribution >= 0.6 is 11.8 Å². The number of thioether (sulfide) groups is 1. The van der Waals surface area contributed by atoms with E-state index >= 15 is 0 Å². The lowest BCUT2D eigenvalue weighted by molar-refractivity contribution is 0.103. The average molecular weight is 354 g/mol. The number of allylic oxidation sites excluding steroid dienone is 2. The van der Waals surface area contributed by atoms with E-state index in [0.717, 1.165) is 22.3 Å².